The van der Waals surface area contributed by atoms with Crippen molar-refractivity contribution < 1.29 is 9.84 Å². The SMILES string of the molecule is COc1ccc(C)cc1C(O)CN(C)CC(C)(C)C. The first kappa shape index (κ1) is 16.0. The number of nitrogens with zero attached hydrogens (tertiary/aromatic N) is 1. The average molecular weight is 265 g/mol. The fraction of sp³-hybridized carbons (Fsp3) is 0.625. The number of hydrogen-bond acceptors (Lipinski definition) is 3. The van der Waals surface area contributed by atoms with Gasteiger partial charge in [-0.25, -0.2) is 0 Å². The molecule has 0 aliphatic heterocycles. The highest BCUT2D eigenvalue weighted by atomic mass is 16.5. The van der Waals surface area contributed by atoms with Crippen molar-refractivity contribution in [2.75, 3.05) is 27.2 Å². The Labute approximate surface area is 117 Å². The molecule has 0 radical (unpaired) electrons. The Morgan fingerprint density at radius 3 is 2.47 bits per heavy atom. The van der Waals surface area contributed by atoms with Gasteiger partial charge in [-0.05, 0) is 31.5 Å². The lowest BCUT2D eigenvalue weighted by Crippen LogP contribution is -2.32. The van der Waals surface area contributed by atoms with Crippen LogP contribution in [0.2, 0.25) is 0 Å². The first-order valence-electron chi connectivity index (χ1n) is 6.74. The minimum atomic E-state index is -0.526. The lowest BCUT2D eigenvalue weighted by atomic mass is 9.96. The van der Waals surface area contributed by atoms with Crippen molar-refractivity contribution in [2.24, 2.45) is 5.41 Å². The highest BCUT2D eigenvalue weighted by Gasteiger charge is 2.19. The van der Waals surface area contributed by atoms with E-state index in [0.717, 1.165) is 23.4 Å². The molecule has 0 heterocycles. The lowest BCUT2D eigenvalue weighted by molar-refractivity contribution is 0.106. The van der Waals surface area contributed by atoms with Crippen LogP contribution in [0.5, 0.6) is 5.75 Å². The lowest BCUT2D eigenvalue weighted by Gasteiger charge is -2.28. The van der Waals surface area contributed by atoms with E-state index in [9.17, 15) is 5.11 Å². The Kier molecular flexibility index (Phi) is 5.39. The predicted octanol–water partition coefficient (Wildman–Crippen LogP) is 3.01. The maximum absolute atomic E-state index is 10.4. The molecule has 0 aliphatic rings. The van der Waals surface area contributed by atoms with Crippen LogP contribution in [-0.4, -0.2) is 37.3 Å². The van der Waals surface area contributed by atoms with Gasteiger partial charge >= 0.3 is 0 Å². The van der Waals surface area contributed by atoms with Crippen molar-refractivity contribution in [3.8, 4) is 5.75 Å². The molecule has 108 valence electrons. The summed E-state index contributed by atoms with van der Waals surface area (Å²) in [6.45, 7) is 10.2. The van der Waals surface area contributed by atoms with E-state index < -0.39 is 6.10 Å². The van der Waals surface area contributed by atoms with E-state index in [1.807, 2.05) is 32.2 Å². The van der Waals surface area contributed by atoms with Gasteiger partial charge < -0.3 is 14.7 Å². The Hall–Kier alpha value is -1.06. The zero-order valence-corrected chi connectivity index (χ0v) is 13.0. The van der Waals surface area contributed by atoms with Crippen molar-refractivity contribution in [2.45, 2.75) is 33.8 Å². The van der Waals surface area contributed by atoms with Gasteiger partial charge in [0.15, 0.2) is 0 Å². The van der Waals surface area contributed by atoms with E-state index in [2.05, 4.69) is 25.7 Å². The summed E-state index contributed by atoms with van der Waals surface area (Å²) in [5.41, 5.74) is 2.22. The number of benzene rings is 1. The predicted molar refractivity (Wildman–Crippen MR) is 79.6 cm³/mol. The van der Waals surface area contributed by atoms with Crippen LogP contribution in [0.15, 0.2) is 18.2 Å². The van der Waals surface area contributed by atoms with Crippen LogP contribution in [0.25, 0.3) is 0 Å². The van der Waals surface area contributed by atoms with E-state index >= 15 is 0 Å². The Balaban J connectivity index is 2.77. The number of likely N-dealkylation sites (N-methyl/N-ethyl adjacent to an activating group) is 1. The molecule has 3 nitrogen and oxygen atoms in total. The van der Waals surface area contributed by atoms with Gasteiger partial charge in [0.2, 0.25) is 0 Å². The second kappa shape index (κ2) is 6.40. The summed E-state index contributed by atoms with van der Waals surface area (Å²) < 4.78 is 5.33. The molecule has 1 aromatic rings. The standard InChI is InChI=1S/C16H27NO2/c1-12-7-8-15(19-6)13(9-12)14(18)10-17(5)11-16(2,3)4/h7-9,14,18H,10-11H2,1-6H3. The molecule has 0 bridgehead atoms. The molecule has 0 spiro atoms. The minimum Gasteiger partial charge on any atom is -0.496 e. The Morgan fingerprint density at radius 2 is 1.95 bits per heavy atom. The topological polar surface area (TPSA) is 32.7 Å². The van der Waals surface area contributed by atoms with Crippen LogP contribution in [0.4, 0.5) is 0 Å². The van der Waals surface area contributed by atoms with E-state index in [1.165, 1.54) is 0 Å². The van der Waals surface area contributed by atoms with Gasteiger partial charge in [-0.3, -0.25) is 0 Å². The fourth-order valence-electron chi connectivity index (χ4n) is 2.38. The Bertz CT molecular complexity index is 410. The third-order valence-electron chi connectivity index (χ3n) is 2.97. The number of methoxy groups -OCH3 is 1. The van der Waals surface area contributed by atoms with Crippen LogP contribution in [0.1, 0.15) is 38.0 Å². The van der Waals surface area contributed by atoms with Crippen LogP contribution in [0.3, 0.4) is 0 Å². The number of rotatable bonds is 5. The molecule has 0 saturated heterocycles. The highest BCUT2D eigenvalue weighted by Crippen LogP contribution is 2.27. The molecule has 1 rings (SSSR count). The van der Waals surface area contributed by atoms with Gasteiger partial charge in [0, 0.05) is 18.7 Å². The molecule has 0 aromatic heterocycles. The quantitative estimate of drug-likeness (QED) is 0.888. The molecule has 0 aliphatic carbocycles. The summed E-state index contributed by atoms with van der Waals surface area (Å²) in [6.07, 6.45) is -0.526. The Morgan fingerprint density at radius 1 is 1.32 bits per heavy atom. The van der Waals surface area contributed by atoms with E-state index in [4.69, 9.17) is 4.74 Å². The summed E-state index contributed by atoms with van der Waals surface area (Å²) in [6, 6.07) is 5.90. The molecule has 1 unspecified atom stereocenters. The highest BCUT2D eigenvalue weighted by molar-refractivity contribution is 5.38. The maximum Gasteiger partial charge on any atom is 0.124 e. The largest absolute Gasteiger partial charge is 0.496 e. The number of hydrogen-bond donors (Lipinski definition) is 1. The maximum atomic E-state index is 10.4. The van der Waals surface area contributed by atoms with Crippen molar-refractivity contribution in [1.29, 1.82) is 0 Å². The second-order valence-corrected chi connectivity index (χ2v) is 6.52. The zero-order valence-electron chi connectivity index (χ0n) is 13.0. The van der Waals surface area contributed by atoms with Crippen LogP contribution in [-0.2, 0) is 0 Å². The first-order chi connectivity index (χ1) is 8.73. The van der Waals surface area contributed by atoms with Gasteiger partial charge in [0.1, 0.15) is 5.75 Å². The summed E-state index contributed by atoms with van der Waals surface area (Å²) in [4.78, 5) is 2.16. The summed E-state index contributed by atoms with van der Waals surface area (Å²) in [7, 11) is 3.68. The van der Waals surface area contributed by atoms with Crippen molar-refractivity contribution in [3.05, 3.63) is 29.3 Å². The van der Waals surface area contributed by atoms with Crippen molar-refractivity contribution in [3.63, 3.8) is 0 Å². The minimum absolute atomic E-state index is 0.227. The summed E-state index contributed by atoms with van der Waals surface area (Å²) in [5, 5.41) is 10.4. The number of aryl methyl sites for hydroxylation is 1. The zero-order chi connectivity index (χ0) is 14.6. The molecular formula is C16H27NO2. The molecule has 0 fully saturated rings. The molecular weight excluding hydrogens is 238 g/mol. The van der Waals surface area contributed by atoms with Gasteiger partial charge in [-0.2, -0.15) is 0 Å². The molecule has 1 atom stereocenters. The van der Waals surface area contributed by atoms with Gasteiger partial charge in [0.25, 0.3) is 0 Å². The molecule has 3 heteroatoms. The number of ether oxygens (including phenoxy) is 1. The van der Waals surface area contributed by atoms with E-state index in [-0.39, 0.29) is 5.41 Å². The van der Waals surface area contributed by atoms with Crippen molar-refractivity contribution >= 4 is 0 Å². The van der Waals surface area contributed by atoms with Crippen LogP contribution >= 0.6 is 0 Å². The van der Waals surface area contributed by atoms with Gasteiger partial charge in [-0.15, -0.1) is 0 Å². The number of aliphatic hydroxyl groups is 1. The van der Waals surface area contributed by atoms with E-state index in [1.54, 1.807) is 7.11 Å². The fourth-order valence-corrected chi connectivity index (χ4v) is 2.38. The van der Waals surface area contributed by atoms with Gasteiger partial charge in [-0.1, -0.05) is 32.4 Å². The molecule has 0 saturated carbocycles. The molecule has 19 heavy (non-hydrogen) atoms. The smallest absolute Gasteiger partial charge is 0.124 e. The van der Waals surface area contributed by atoms with Crippen LogP contribution < -0.4 is 4.74 Å². The summed E-state index contributed by atoms with van der Waals surface area (Å²) >= 11 is 0. The molecule has 1 aromatic carbocycles. The number of aliphatic hydroxyl groups excluding tert-OH is 1. The first-order valence-corrected chi connectivity index (χ1v) is 6.74. The summed E-state index contributed by atoms with van der Waals surface area (Å²) in [5.74, 6) is 0.752. The van der Waals surface area contributed by atoms with Crippen LogP contribution in [0, 0.1) is 12.3 Å². The third kappa shape index (κ3) is 5.21. The van der Waals surface area contributed by atoms with Crippen molar-refractivity contribution in [1.82, 2.24) is 4.90 Å². The molecule has 1 N–H and O–H groups in total. The second-order valence-electron chi connectivity index (χ2n) is 6.52. The normalized spacial score (nSPS) is 13.7. The van der Waals surface area contributed by atoms with Gasteiger partial charge in [0.05, 0.1) is 13.2 Å². The average Bonchev–Trinajstić information content (AvgIpc) is 2.26. The molecule has 0 amide bonds. The monoisotopic (exact) mass is 265 g/mol. The van der Waals surface area contributed by atoms with E-state index in [0.29, 0.717) is 6.54 Å². The third-order valence-corrected chi connectivity index (χ3v) is 2.97.